The minimum absolute atomic E-state index is 0.0368. The van der Waals surface area contributed by atoms with Crippen molar-refractivity contribution >= 4 is 40.9 Å². The maximum atomic E-state index is 13.7. The number of ether oxygens (including phenoxy) is 2. The molecule has 3 aromatic rings. The molecule has 0 aromatic heterocycles. The quantitative estimate of drug-likeness (QED) is 0.413. The fraction of sp³-hybridized carbons (Fsp3) is 0.355. The van der Waals surface area contributed by atoms with Gasteiger partial charge < -0.3 is 24.4 Å². The lowest BCUT2D eigenvalue weighted by Gasteiger charge is -2.31. The standard InChI is InChI=1S/C31H34ClN3O5S/c1-33(19-27(36)34-14-13-21-17-24(40-3)12-9-22(21)18-34)15-16-35-26-6-4-5-25(32)30(26)41-29(28(37)31(35)38)20-7-10-23(39-2)11-8-20/h4-12,17,28-29,37H,13-16,18-19H2,1-3H3. The van der Waals surface area contributed by atoms with Gasteiger partial charge in [-0.2, -0.15) is 0 Å². The van der Waals surface area contributed by atoms with Crippen molar-refractivity contribution in [1.29, 1.82) is 0 Å². The predicted octanol–water partition coefficient (Wildman–Crippen LogP) is 4.41. The molecule has 2 unspecified atom stereocenters. The number of fused-ring (bicyclic) bond motifs is 2. The number of likely N-dealkylation sites (N-methyl/N-ethyl adjacent to an activating group) is 1. The van der Waals surface area contributed by atoms with E-state index < -0.39 is 17.3 Å². The number of benzene rings is 3. The summed E-state index contributed by atoms with van der Waals surface area (Å²) >= 11 is 8.00. The van der Waals surface area contributed by atoms with Crippen LogP contribution in [0.5, 0.6) is 11.5 Å². The summed E-state index contributed by atoms with van der Waals surface area (Å²) in [4.78, 5) is 32.9. The summed E-state index contributed by atoms with van der Waals surface area (Å²) in [6.45, 7) is 2.18. The number of halogens is 1. The molecule has 0 radical (unpaired) electrons. The number of amides is 2. The van der Waals surface area contributed by atoms with E-state index in [0.717, 1.165) is 28.2 Å². The zero-order valence-electron chi connectivity index (χ0n) is 23.4. The van der Waals surface area contributed by atoms with Gasteiger partial charge in [-0.1, -0.05) is 35.9 Å². The number of thioether (sulfide) groups is 1. The Hall–Kier alpha value is -3.24. The molecule has 8 nitrogen and oxygen atoms in total. The van der Waals surface area contributed by atoms with Gasteiger partial charge in [-0.15, -0.1) is 11.8 Å². The Labute approximate surface area is 249 Å². The molecule has 216 valence electrons. The van der Waals surface area contributed by atoms with E-state index in [0.29, 0.717) is 42.6 Å². The predicted molar refractivity (Wildman–Crippen MR) is 161 cm³/mol. The van der Waals surface area contributed by atoms with Crippen LogP contribution >= 0.6 is 23.4 Å². The minimum Gasteiger partial charge on any atom is -0.497 e. The van der Waals surface area contributed by atoms with Crippen LogP contribution in [-0.4, -0.2) is 80.3 Å². The first kappa shape index (κ1) is 29.3. The van der Waals surface area contributed by atoms with Crippen molar-refractivity contribution in [2.24, 2.45) is 0 Å². The van der Waals surface area contributed by atoms with E-state index in [2.05, 4.69) is 0 Å². The summed E-state index contributed by atoms with van der Waals surface area (Å²) < 4.78 is 10.6. The van der Waals surface area contributed by atoms with Crippen LogP contribution in [-0.2, 0) is 22.6 Å². The van der Waals surface area contributed by atoms with Gasteiger partial charge in [0, 0.05) is 26.2 Å². The smallest absolute Gasteiger partial charge is 0.257 e. The van der Waals surface area contributed by atoms with Crippen molar-refractivity contribution in [3.05, 3.63) is 82.4 Å². The topological polar surface area (TPSA) is 82.5 Å². The Morgan fingerprint density at radius 1 is 1.07 bits per heavy atom. The molecular weight excluding hydrogens is 562 g/mol. The molecule has 2 atom stereocenters. The summed E-state index contributed by atoms with van der Waals surface area (Å²) in [5.41, 5.74) is 3.80. The van der Waals surface area contributed by atoms with Crippen LogP contribution in [0, 0.1) is 0 Å². The van der Waals surface area contributed by atoms with E-state index in [1.165, 1.54) is 17.3 Å². The third-order valence-corrected chi connectivity index (χ3v) is 9.50. The van der Waals surface area contributed by atoms with Crippen molar-refractivity contribution in [2.45, 2.75) is 29.2 Å². The first-order valence-corrected chi connectivity index (χ1v) is 14.8. The molecule has 2 heterocycles. The second-order valence-electron chi connectivity index (χ2n) is 10.3. The molecule has 0 aliphatic carbocycles. The molecule has 5 rings (SSSR count). The average molecular weight is 596 g/mol. The number of nitrogens with zero attached hydrogens (tertiary/aromatic N) is 3. The Morgan fingerprint density at radius 2 is 1.80 bits per heavy atom. The van der Waals surface area contributed by atoms with E-state index in [9.17, 15) is 14.7 Å². The summed E-state index contributed by atoms with van der Waals surface area (Å²) in [6, 6.07) is 18.8. The van der Waals surface area contributed by atoms with Gasteiger partial charge >= 0.3 is 0 Å². The second-order valence-corrected chi connectivity index (χ2v) is 11.8. The van der Waals surface area contributed by atoms with Crippen LogP contribution in [0.3, 0.4) is 0 Å². The number of carbonyl (C=O) groups excluding carboxylic acids is 2. The largest absolute Gasteiger partial charge is 0.497 e. The fourth-order valence-electron chi connectivity index (χ4n) is 5.25. The Bertz CT molecular complexity index is 1420. The molecule has 0 fully saturated rings. The van der Waals surface area contributed by atoms with Crippen LogP contribution in [0.15, 0.2) is 65.6 Å². The highest BCUT2D eigenvalue weighted by atomic mass is 35.5. The van der Waals surface area contributed by atoms with Gasteiger partial charge in [0.1, 0.15) is 17.6 Å². The highest BCUT2D eigenvalue weighted by Gasteiger charge is 2.38. The van der Waals surface area contributed by atoms with Crippen LogP contribution < -0.4 is 14.4 Å². The van der Waals surface area contributed by atoms with Crippen molar-refractivity contribution in [2.75, 3.05) is 52.3 Å². The van der Waals surface area contributed by atoms with Gasteiger partial charge in [0.15, 0.2) is 0 Å². The summed E-state index contributed by atoms with van der Waals surface area (Å²) in [7, 11) is 5.12. The van der Waals surface area contributed by atoms with Gasteiger partial charge in [-0.05, 0) is 66.6 Å². The first-order valence-electron chi connectivity index (χ1n) is 13.5. The van der Waals surface area contributed by atoms with Crippen LogP contribution in [0.25, 0.3) is 0 Å². The van der Waals surface area contributed by atoms with Crippen molar-refractivity contribution < 1.29 is 24.2 Å². The number of anilines is 1. The SMILES string of the molecule is COc1ccc(C2Sc3c(Cl)cccc3N(CCN(C)CC(=O)N3CCc4cc(OC)ccc4C3)C(=O)C2O)cc1. The molecule has 2 aliphatic rings. The maximum absolute atomic E-state index is 13.7. The Balaban J connectivity index is 1.27. The molecule has 1 N–H and O–H groups in total. The second kappa shape index (κ2) is 12.7. The monoisotopic (exact) mass is 595 g/mol. The number of hydrogen-bond donors (Lipinski definition) is 1. The van der Waals surface area contributed by atoms with E-state index in [1.54, 1.807) is 31.3 Å². The molecule has 0 spiro atoms. The maximum Gasteiger partial charge on any atom is 0.257 e. The molecule has 3 aromatic carbocycles. The van der Waals surface area contributed by atoms with E-state index in [4.69, 9.17) is 21.1 Å². The van der Waals surface area contributed by atoms with Gasteiger partial charge in [-0.25, -0.2) is 0 Å². The third kappa shape index (κ3) is 6.33. The van der Waals surface area contributed by atoms with Gasteiger partial charge in [0.2, 0.25) is 5.91 Å². The van der Waals surface area contributed by atoms with Crippen molar-refractivity contribution in [1.82, 2.24) is 9.80 Å². The lowest BCUT2D eigenvalue weighted by molar-refractivity contribution is -0.133. The Morgan fingerprint density at radius 3 is 2.54 bits per heavy atom. The first-order chi connectivity index (χ1) is 19.8. The molecular formula is C31H34ClN3O5S. The van der Waals surface area contributed by atoms with Gasteiger partial charge in [0.05, 0.1) is 41.6 Å². The fourth-order valence-corrected chi connectivity index (χ4v) is 6.83. The zero-order valence-corrected chi connectivity index (χ0v) is 25.0. The highest BCUT2D eigenvalue weighted by molar-refractivity contribution is 8.00. The summed E-state index contributed by atoms with van der Waals surface area (Å²) in [6.07, 6.45) is -0.497. The number of carbonyl (C=O) groups is 2. The molecule has 2 amide bonds. The number of rotatable bonds is 8. The zero-order chi connectivity index (χ0) is 29.1. The minimum atomic E-state index is -1.28. The van der Waals surface area contributed by atoms with E-state index in [-0.39, 0.29) is 12.5 Å². The van der Waals surface area contributed by atoms with Crippen molar-refractivity contribution in [3.8, 4) is 11.5 Å². The third-order valence-electron chi connectivity index (χ3n) is 7.62. The number of aliphatic hydroxyl groups is 1. The number of methoxy groups -OCH3 is 2. The van der Waals surface area contributed by atoms with Crippen LogP contribution in [0.2, 0.25) is 5.02 Å². The summed E-state index contributed by atoms with van der Waals surface area (Å²) in [5.74, 6) is 1.16. The lowest BCUT2D eigenvalue weighted by atomic mass is 9.99. The van der Waals surface area contributed by atoms with Gasteiger partial charge in [0.25, 0.3) is 5.91 Å². The van der Waals surface area contributed by atoms with Gasteiger partial charge in [-0.3, -0.25) is 14.5 Å². The molecule has 0 bridgehead atoms. The number of aliphatic hydroxyl groups excluding tert-OH is 1. The van der Waals surface area contributed by atoms with E-state index >= 15 is 0 Å². The van der Waals surface area contributed by atoms with Crippen molar-refractivity contribution in [3.63, 3.8) is 0 Å². The molecule has 2 aliphatic heterocycles. The molecule has 10 heteroatoms. The molecule has 41 heavy (non-hydrogen) atoms. The van der Waals surface area contributed by atoms with E-state index in [1.807, 2.05) is 65.4 Å². The lowest BCUT2D eigenvalue weighted by Crippen LogP contribution is -2.46. The Kier molecular flexibility index (Phi) is 9.09. The molecule has 0 saturated carbocycles. The van der Waals surface area contributed by atoms with Crippen LogP contribution in [0.1, 0.15) is 21.9 Å². The highest BCUT2D eigenvalue weighted by Crippen LogP contribution is 2.48. The average Bonchev–Trinajstić information content (AvgIpc) is 3.10. The normalized spacial score (nSPS) is 18.5. The number of hydrogen-bond acceptors (Lipinski definition) is 7. The molecule has 0 saturated heterocycles. The van der Waals surface area contributed by atoms with Crippen LogP contribution in [0.4, 0.5) is 5.69 Å². The summed E-state index contributed by atoms with van der Waals surface area (Å²) in [5, 5.41) is 11.2.